The third-order valence-corrected chi connectivity index (χ3v) is 2.10. The second-order valence-corrected chi connectivity index (χ2v) is 2.58. The van der Waals surface area contributed by atoms with Crippen molar-refractivity contribution in [3.63, 3.8) is 0 Å². The van der Waals surface area contributed by atoms with Crippen LogP contribution in [0, 0.1) is 6.92 Å². The fourth-order valence-electron chi connectivity index (χ4n) is 0.551. The summed E-state index contributed by atoms with van der Waals surface area (Å²) in [5, 5.41) is 0. The van der Waals surface area contributed by atoms with E-state index >= 15 is 0 Å². The van der Waals surface area contributed by atoms with Gasteiger partial charge in [-0.15, -0.1) is 0 Å². The molecule has 2 N–H and O–H groups in total. The Morgan fingerprint density at radius 1 is 1.67 bits per heavy atom. The van der Waals surface area contributed by atoms with Crippen molar-refractivity contribution in [2.45, 2.75) is 6.92 Å². The maximum atomic E-state index is 7.39. The van der Waals surface area contributed by atoms with E-state index in [0.717, 1.165) is 5.56 Å². The highest BCUT2D eigenvalue weighted by molar-refractivity contribution is 9.10. The Labute approximate surface area is 65.8 Å². The Kier molecular flexibility index (Phi) is 1.15. The molecule has 0 spiro atoms. The third-order valence-electron chi connectivity index (χ3n) is 1.08. The van der Waals surface area contributed by atoms with Gasteiger partial charge < -0.3 is 5.73 Å². The van der Waals surface area contributed by atoms with Crippen LogP contribution in [0.1, 0.15) is 8.30 Å². The van der Waals surface area contributed by atoms with Gasteiger partial charge in [0.25, 0.3) is 0 Å². The molecule has 0 aliphatic rings. The van der Waals surface area contributed by atoms with Crippen molar-refractivity contribution < 1.29 is 2.74 Å². The van der Waals surface area contributed by atoms with E-state index in [1.165, 1.54) is 6.07 Å². The molecule has 1 aromatic carbocycles. The Hall–Kier alpha value is -0.500. The summed E-state index contributed by atoms with van der Waals surface area (Å²) in [5.41, 5.74) is 6.71. The lowest BCUT2D eigenvalue weighted by Crippen LogP contribution is -1.86. The van der Waals surface area contributed by atoms with Gasteiger partial charge in [0, 0.05) is 10.2 Å². The summed E-state index contributed by atoms with van der Waals surface area (Å²) in [6, 6.07) is 1.98. The molecule has 0 aliphatic heterocycles. The Bertz CT molecular complexity index is 273. The van der Waals surface area contributed by atoms with Crippen molar-refractivity contribution in [2.75, 3.05) is 5.73 Å². The van der Waals surface area contributed by atoms with Crippen LogP contribution in [0.5, 0.6) is 0 Å². The van der Waals surface area contributed by atoms with Crippen LogP contribution in [0.15, 0.2) is 22.6 Å². The topological polar surface area (TPSA) is 26.0 Å². The number of nitrogens with two attached hydrogens (primary N) is 1. The molecule has 0 unspecified atom stereocenters. The predicted molar refractivity (Wildman–Crippen MR) is 43.3 cm³/mol. The Morgan fingerprint density at radius 2 is 2.33 bits per heavy atom. The molecule has 0 aliphatic carbocycles. The van der Waals surface area contributed by atoms with Crippen molar-refractivity contribution in [3.05, 3.63) is 28.2 Å². The van der Waals surface area contributed by atoms with Gasteiger partial charge in [-0.05, 0) is 34.5 Å². The maximum Gasteiger partial charge on any atom is 0.0645 e. The van der Waals surface area contributed by atoms with Crippen LogP contribution >= 0.6 is 15.9 Å². The molecule has 0 saturated heterocycles. The van der Waals surface area contributed by atoms with Crippen molar-refractivity contribution >= 4 is 21.6 Å². The summed E-state index contributed by atoms with van der Waals surface area (Å²) in [5.74, 6) is 0. The average molecular weight is 188 g/mol. The largest absolute Gasteiger partial charge is 0.398 e. The first-order valence-corrected chi connectivity index (χ1v) is 3.35. The molecular weight excluding hydrogens is 178 g/mol. The van der Waals surface area contributed by atoms with Crippen LogP contribution in [-0.2, 0) is 0 Å². The number of nitrogen functional groups attached to an aromatic ring is 1. The lowest BCUT2D eigenvalue weighted by Gasteiger charge is -1.98. The molecule has 2 heteroatoms. The zero-order valence-corrected chi connectivity index (χ0v) is 6.62. The Balaban J connectivity index is 3.46. The minimum absolute atomic E-state index is 0.201. The van der Waals surface area contributed by atoms with Crippen LogP contribution in [-0.4, -0.2) is 0 Å². The van der Waals surface area contributed by atoms with Crippen molar-refractivity contribution in [1.82, 2.24) is 0 Å². The van der Waals surface area contributed by atoms with Gasteiger partial charge in [0.15, 0.2) is 0 Å². The lowest BCUT2D eigenvalue weighted by molar-refractivity contribution is 1.43. The normalized spacial score (nSPS) is 12.7. The van der Waals surface area contributed by atoms with Crippen LogP contribution < -0.4 is 5.73 Å². The smallest absolute Gasteiger partial charge is 0.0645 e. The highest BCUT2D eigenvalue weighted by Crippen LogP contribution is 2.22. The second kappa shape index (κ2) is 2.40. The minimum Gasteiger partial charge on any atom is -0.398 e. The number of benzene rings is 1. The summed E-state index contributed by atoms with van der Waals surface area (Å²) in [7, 11) is 0. The molecule has 1 aromatic rings. The summed E-state index contributed by atoms with van der Waals surface area (Å²) < 4.78 is 15.4. The molecule has 0 heterocycles. The quantitative estimate of drug-likeness (QED) is 0.621. The van der Waals surface area contributed by atoms with E-state index < -0.39 is 0 Å². The molecule has 1 nitrogen and oxygen atoms in total. The zero-order chi connectivity index (χ0) is 8.59. The molecule has 0 saturated carbocycles. The van der Waals surface area contributed by atoms with Gasteiger partial charge in [-0.3, -0.25) is 0 Å². The van der Waals surface area contributed by atoms with E-state index in [9.17, 15) is 0 Å². The van der Waals surface area contributed by atoms with E-state index in [0.29, 0.717) is 16.2 Å². The average Bonchev–Trinajstić information content (AvgIpc) is 1.97. The molecule has 9 heavy (non-hydrogen) atoms. The van der Waals surface area contributed by atoms with Gasteiger partial charge in [0.05, 0.1) is 2.74 Å². The van der Waals surface area contributed by atoms with Gasteiger partial charge in [-0.1, -0.05) is 12.1 Å². The monoisotopic (exact) mass is 187 g/mol. The van der Waals surface area contributed by atoms with E-state index in [-0.39, 0.29) is 6.04 Å². The second-order valence-electron chi connectivity index (χ2n) is 1.79. The standard InChI is InChI=1S/C7H8BrN/c1-5-3-2-4-6(9)7(5)8/h2-4H,9H2,1H3/i3D,4D. The first-order valence-electron chi connectivity index (χ1n) is 3.56. The van der Waals surface area contributed by atoms with E-state index in [4.69, 9.17) is 8.48 Å². The van der Waals surface area contributed by atoms with Gasteiger partial charge in [-0.25, -0.2) is 0 Å². The summed E-state index contributed by atoms with van der Waals surface area (Å²) in [6.07, 6.45) is 0. The molecule has 0 atom stereocenters. The summed E-state index contributed by atoms with van der Waals surface area (Å²) >= 11 is 3.22. The summed E-state index contributed by atoms with van der Waals surface area (Å²) in [6.45, 7) is 1.79. The van der Waals surface area contributed by atoms with Crippen LogP contribution in [0.2, 0.25) is 0 Å². The number of anilines is 1. The molecule has 0 aromatic heterocycles. The molecule has 0 radical (unpaired) electrons. The SMILES string of the molecule is [2H]c1cc([2H])c(N)c(Br)c1C. The minimum atomic E-state index is 0.201. The number of halogens is 1. The van der Waals surface area contributed by atoms with E-state index in [1.807, 2.05) is 0 Å². The number of hydrogen-bond donors (Lipinski definition) is 1. The predicted octanol–water partition coefficient (Wildman–Crippen LogP) is 2.34. The summed E-state index contributed by atoms with van der Waals surface area (Å²) in [4.78, 5) is 0. The third kappa shape index (κ3) is 1.24. The number of rotatable bonds is 0. The molecule has 0 amide bonds. The van der Waals surface area contributed by atoms with Crippen LogP contribution in [0.4, 0.5) is 5.69 Å². The molecule has 48 valence electrons. The first kappa shape index (κ1) is 4.34. The lowest BCUT2D eigenvalue weighted by atomic mass is 10.2. The Morgan fingerprint density at radius 3 is 3.00 bits per heavy atom. The fraction of sp³-hybridized carbons (Fsp3) is 0.143. The van der Waals surface area contributed by atoms with Crippen LogP contribution in [0.25, 0.3) is 0 Å². The molecular formula is C7H8BrN. The molecule has 1 rings (SSSR count). The van der Waals surface area contributed by atoms with Crippen molar-refractivity contribution in [1.29, 1.82) is 0 Å². The maximum absolute atomic E-state index is 7.39. The molecule has 0 bridgehead atoms. The fourth-order valence-corrected chi connectivity index (χ4v) is 0.780. The highest BCUT2D eigenvalue weighted by Gasteiger charge is 1.94. The van der Waals surface area contributed by atoms with Gasteiger partial charge >= 0.3 is 0 Å². The van der Waals surface area contributed by atoms with Crippen molar-refractivity contribution in [2.24, 2.45) is 0 Å². The van der Waals surface area contributed by atoms with Gasteiger partial charge in [0.1, 0.15) is 0 Å². The van der Waals surface area contributed by atoms with Crippen molar-refractivity contribution in [3.8, 4) is 0 Å². The van der Waals surface area contributed by atoms with Gasteiger partial charge in [0.2, 0.25) is 0 Å². The number of hydrogen-bond acceptors (Lipinski definition) is 1. The van der Waals surface area contributed by atoms with Crippen LogP contribution in [0.3, 0.4) is 0 Å². The van der Waals surface area contributed by atoms with E-state index in [1.54, 1.807) is 6.92 Å². The van der Waals surface area contributed by atoms with Gasteiger partial charge in [-0.2, -0.15) is 0 Å². The van der Waals surface area contributed by atoms with E-state index in [2.05, 4.69) is 15.9 Å². The first-order chi connectivity index (χ1) is 5.04. The highest BCUT2D eigenvalue weighted by atomic mass is 79.9. The zero-order valence-electron chi connectivity index (χ0n) is 7.03. The molecule has 0 fully saturated rings.